The van der Waals surface area contributed by atoms with Crippen LogP contribution >= 0.6 is 22.9 Å². The van der Waals surface area contributed by atoms with Crippen LogP contribution in [-0.2, 0) is 4.79 Å². The van der Waals surface area contributed by atoms with Crippen molar-refractivity contribution in [3.05, 3.63) is 52.3 Å². The van der Waals surface area contributed by atoms with Crippen molar-refractivity contribution in [2.24, 2.45) is 0 Å². The Morgan fingerprint density at radius 2 is 1.90 bits per heavy atom. The third-order valence-corrected chi connectivity index (χ3v) is 6.19. The van der Waals surface area contributed by atoms with Crippen molar-refractivity contribution in [3.63, 3.8) is 0 Å². The zero-order chi connectivity index (χ0) is 22.1. The monoisotopic (exact) mass is 457 g/mol. The lowest BCUT2D eigenvalue weighted by molar-refractivity contribution is -0.118. The van der Waals surface area contributed by atoms with E-state index >= 15 is 0 Å². The molecule has 2 aromatic carbocycles. The molecule has 1 N–H and O–H groups in total. The number of anilines is 1. The van der Waals surface area contributed by atoms with E-state index in [0.29, 0.717) is 33.0 Å². The molecule has 0 aliphatic rings. The van der Waals surface area contributed by atoms with Crippen LogP contribution in [0.3, 0.4) is 0 Å². The minimum Gasteiger partial charge on any atom is -0.495 e. The van der Waals surface area contributed by atoms with Gasteiger partial charge in [-0.2, -0.15) is 9.61 Å². The molecule has 31 heavy (non-hydrogen) atoms. The summed E-state index contributed by atoms with van der Waals surface area (Å²) in [5.41, 5.74) is 3.15. The Labute approximate surface area is 187 Å². The third kappa shape index (κ3) is 4.33. The molecule has 0 fully saturated rings. The summed E-state index contributed by atoms with van der Waals surface area (Å²) in [7, 11) is 1.55. The maximum absolute atomic E-state index is 12.5. The van der Waals surface area contributed by atoms with E-state index in [2.05, 4.69) is 20.6 Å². The topological polar surface area (TPSA) is 90.6 Å². The molecule has 0 unspecified atom stereocenters. The van der Waals surface area contributed by atoms with E-state index in [1.165, 1.54) is 11.3 Å². The van der Waals surface area contributed by atoms with Crippen molar-refractivity contribution < 1.29 is 14.3 Å². The lowest BCUT2D eigenvalue weighted by Crippen LogP contribution is -2.20. The molecule has 0 bridgehead atoms. The second-order valence-corrected chi connectivity index (χ2v) is 8.31. The number of amides is 1. The smallest absolute Gasteiger partial charge is 0.262 e. The number of rotatable bonds is 6. The zero-order valence-corrected chi connectivity index (χ0v) is 19.0. The first-order valence-corrected chi connectivity index (χ1v) is 10.6. The molecule has 160 valence electrons. The van der Waals surface area contributed by atoms with E-state index in [-0.39, 0.29) is 12.5 Å². The standard InChI is InChI=1S/C21H20ClN5O3S/c1-11-7-15(8-12(2)19(11)22)30-10-18(28)23-16-9-14(5-6-17(16)29-4)20-26-27-13(3)24-25-21(27)31-20/h5-9H,10H2,1-4H3,(H,23,28). The number of aryl methyl sites for hydroxylation is 3. The van der Waals surface area contributed by atoms with Crippen LogP contribution in [0, 0.1) is 20.8 Å². The second kappa shape index (κ2) is 8.52. The average Bonchev–Trinajstić information content (AvgIpc) is 3.32. The molecule has 8 nitrogen and oxygen atoms in total. The predicted molar refractivity (Wildman–Crippen MR) is 120 cm³/mol. The normalized spacial score (nSPS) is 11.0. The molecule has 2 heterocycles. The fraction of sp³-hybridized carbons (Fsp3) is 0.238. The average molecular weight is 458 g/mol. The van der Waals surface area contributed by atoms with E-state index in [1.54, 1.807) is 29.8 Å². The number of methoxy groups -OCH3 is 1. The summed E-state index contributed by atoms with van der Waals surface area (Å²) in [6, 6.07) is 9.09. The first-order chi connectivity index (χ1) is 14.9. The number of hydrogen-bond acceptors (Lipinski definition) is 7. The summed E-state index contributed by atoms with van der Waals surface area (Å²) in [4.78, 5) is 13.2. The Kier molecular flexibility index (Phi) is 5.79. The summed E-state index contributed by atoms with van der Waals surface area (Å²) in [5.74, 6) is 1.53. The number of ether oxygens (including phenoxy) is 2. The molecule has 1 amide bonds. The first-order valence-electron chi connectivity index (χ1n) is 9.42. The van der Waals surface area contributed by atoms with Crippen molar-refractivity contribution in [2.75, 3.05) is 19.0 Å². The zero-order valence-electron chi connectivity index (χ0n) is 17.4. The van der Waals surface area contributed by atoms with Gasteiger partial charge >= 0.3 is 0 Å². The number of carbonyl (C=O) groups excluding carboxylic acids is 1. The molecular weight excluding hydrogens is 438 g/mol. The fourth-order valence-corrected chi connectivity index (χ4v) is 4.09. The van der Waals surface area contributed by atoms with E-state index in [9.17, 15) is 4.79 Å². The third-order valence-electron chi connectivity index (χ3n) is 4.65. The molecule has 4 rings (SSSR count). The number of halogens is 1. The van der Waals surface area contributed by atoms with Gasteiger partial charge in [0.1, 0.15) is 16.5 Å². The number of hydrogen-bond donors (Lipinski definition) is 1. The van der Waals surface area contributed by atoms with Crippen molar-refractivity contribution in [1.29, 1.82) is 0 Å². The van der Waals surface area contributed by atoms with E-state index < -0.39 is 0 Å². The number of nitrogens with zero attached hydrogens (tertiary/aromatic N) is 4. The van der Waals surface area contributed by atoms with Crippen LogP contribution in [0.25, 0.3) is 15.5 Å². The van der Waals surface area contributed by atoms with Crippen LogP contribution < -0.4 is 14.8 Å². The van der Waals surface area contributed by atoms with Gasteiger partial charge in [0.2, 0.25) is 4.96 Å². The molecule has 0 aliphatic carbocycles. The molecule has 4 aromatic rings. The Hall–Kier alpha value is -3.17. The summed E-state index contributed by atoms with van der Waals surface area (Å²) in [6.07, 6.45) is 0. The predicted octanol–water partition coefficient (Wildman–Crippen LogP) is 4.46. The first kappa shape index (κ1) is 21.1. The van der Waals surface area contributed by atoms with Gasteiger partial charge in [-0.3, -0.25) is 4.79 Å². The minimum absolute atomic E-state index is 0.149. The van der Waals surface area contributed by atoms with Crippen LogP contribution in [-0.4, -0.2) is 39.4 Å². The molecule has 2 aromatic heterocycles. The number of fused-ring (bicyclic) bond motifs is 1. The van der Waals surface area contributed by atoms with Gasteiger partial charge < -0.3 is 14.8 Å². The molecule has 0 spiro atoms. The number of nitrogens with one attached hydrogen (secondary N) is 1. The number of benzene rings is 2. The highest BCUT2D eigenvalue weighted by molar-refractivity contribution is 7.19. The van der Waals surface area contributed by atoms with Crippen molar-refractivity contribution in [2.45, 2.75) is 20.8 Å². The van der Waals surface area contributed by atoms with Crippen LogP contribution in [0.2, 0.25) is 5.02 Å². The molecule has 10 heteroatoms. The van der Waals surface area contributed by atoms with Gasteiger partial charge in [0, 0.05) is 10.6 Å². The SMILES string of the molecule is COc1ccc(-c2nn3c(C)nnc3s2)cc1NC(=O)COc1cc(C)c(Cl)c(C)c1. The van der Waals surface area contributed by atoms with E-state index in [1.807, 2.05) is 32.9 Å². The summed E-state index contributed by atoms with van der Waals surface area (Å²) >= 11 is 7.60. The van der Waals surface area contributed by atoms with Crippen molar-refractivity contribution in [3.8, 4) is 22.1 Å². The van der Waals surface area contributed by atoms with E-state index in [4.69, 9.17) is 21.1 Å². The second-order valence-electron chi connectivity index (χ2n) is 6.97. The van der Waals surface area contributed by atoms with Crippen LogP contribution in [0.5, 0.6) is 11.5 Å². The largest absolute Gasteiger partial charge is 0.495 e. The highest BCUT2D eigenvalue weighted by Gasteiger charge is 2.15. The highest BCUT2D eigenvalue weighted by atomic mass is 35.5. The van der Waals surface area contributed by atoms with Gasteiger partial charge in [-0.15, -0.1) is 10.2 Å². The Bertz CT molecular complexity index is 1260. The Morgan fingerprint density at radius 3 is 2.58 bits per heavy atom. The lowest BCUT2D eigenvalue weighted by atomic mass is 10.1. The maximum atomic E-state index is 12.5. The summed E-state index contributed by atoms with van der Waals surface area (Å²) in [6.45, 7) is 5.48. The number of aromatic nitrogens is 4. The molecule has 0 saturated carbocycles. The summed E-state index contributed by atoms with van der Waals surface area (Å²) < 4.78 is 12.7. The fourth-order valence-electron chi connectivity index (χ4n) is 3.09. The van der Waals surface area contributed by atoms with Gasteiger partial charge in [-0.05, 0) is 62.2 Å². The van der Waals surface area contributed by atoms with Gasteiger partial charge in [-0.25, -0.2) is 0 Å². The minimum atomic E-state index is -0.310. The molecule has 0 saturated heterocycles. The maximum Gasteiger partial charge on any atom is 0.262 e. The summed E-state index contributed by atoms with van der Waals surface area (Å²) in [5, 5.41) is 16.9. The highest BCUT2D eigenvalue weighted by Crippen LogP contribution is 2.33. The van der Waals surface area contributed by atoms with Gasteiger partial charge in [0.25, 0.3) is 5.91 Å². The Morgan fingerprint density at radius 1 is 1.16 bits per heavy atom. The molecule has 0 atom stereocenters. The van der Waals surface area contributed by atoms with E-state index in [0.717, 1.165) is 21.7 Å². The molecule has 0 radical (unpaired) electrons. The lowest BCUT2D eigenvalue weighted by Gasteiger charge is -2.13. The van der Waals surface area contributed by atoms with Gasteiger partial charge in [0.15, 0.2) is 12.4 Å². The quantitative estimate of drug-likeness (QED) is 0.459. The van der Waals surface area contributed by atoms with Gasteiger partial charge in [0.05, 0.1) is 12.8 Å². The molecular formula is C21H20ClN5O3S. The molecule has 0 aliphatic heterocycles. The van der Waals surface area contributed by atoms with Gasteiger partial charge in [-0.1, -0.05) is 22.9 Å². The van der Waals surface area contributed by atoms with Crippen LogP contribution in [0.15, 0.2) is 30.3 Å². The number of carbonyl (C=O) groups is 1. The van der Waals surface area contributed by atoms with Crippen molar-refractivity contribution in [1.82, 2.24) is 19.8 Å². The van der Waals surface area contributed by atoms with Crippen LogP contribution in [0.1, 0.15) is 17.0 Å². The van der Waals surface area contributed by atoms with Crippen LogP contribution in [0.4, 0.5) is 5.69 Å². The Balaban J connectivity index is 1.51. The van der Waals surface area contributed by atoms with Crippen molar-refractivity contribution >= 4 is 39.5 Å².